The second kappa shape index (κ2) is 9.12. The maximum atomic E-state index is 11.6. The molecule has 1 heterocycles. The van der Waals surface area contributed by atoms with Crippen LogP contribution in [-0.2, 0) is 9.59 Å². The van der Waals surface area contributed by atoms with Gasteiger partial charge in [0.2, 0.25) is 11.8 Å². The van der Waals surface area contributed by atoms with Crippen LogP contribution in [0.2, 0.25) is 0 Å². The quantitative estimate of drug-likeness (QED) is 0.619. The molecule has 0 aliphatic carbocycles. The smallest absolute Gasteiger partial charge is 0.252 e. The monoisotopic (exact) mass is 311 g/mol. The van der Waals surface area contributed by atoms with Gasteiger partial charge in [-0.05, 0) is 11.4 Å². The summed E-state index contributed by atoms with van der Waals surface area (Å²) in [4.78, 5) is 34.4. The maximum Gasteiger partial charge on any atom is 0.252 e. The normalized spacial score (nSPS) is 10.2. The van der Waals surface area contributed by atoms with Crippen LogP contribution < -0.4 is 16.0 Å². The largest absolute Gasteiger partial charge is 0.354 e. The molecule has 1 rings (SSSR count). The molecule has 3 amide bonds. The lowest BCUT2D eigenvalue weighted by Crippen LogP contribution is -2.37. The van der Waals surface area contributed by atoms with E-state index in [0.29, 0.717) is 25.2 Å². The molecule has 21 heavy (non-hydrogen) atoms. The molecule has 0 atom stereocenters. The van der Waals surface area contributed by atoms with Crippen molar-refractivity contribution in [2.24, 2.45) is 5.92 Å². The molecule has 1 aromatic heterocycles. The van der Waals surface area contributed by atoms with E-state index >= 15 is 0 Å². The number of rotatable bonds is 8. The van der Waals surface area contributed by atoms with Gasteiger partial charge in [0, 0.05) is 42.9 Å². The van der Waals surface area contributed by atoms with Crippen molar-refractivity contribution in [3.05, 3.63) is 22.4 Å². The Morgan fingerprint density at radius 3 is 2.43 bits per heavy atom. The third kappa shape index (κ3) is 6.89. The predicted octanol–water partition coefficient (Wildman–Crippen LogP) is 0.756. The van der Waals surface area contributed by atoms with E-state index in [9.17, 15) is 14.4 Å². The average molecular weight is 311 g/mol. The summed E-state index contributed by atoms with van der Waals surface area (Å²) >= 11 is 1.45. The fraction of sp³-hybridized carbons (Fsp3) is 0.500. The zero-order valence-corrected chi connectivity index (χ0v) is 13.1. The number of hydrogen-bond acceptors (Lipinski definition) is 4. The number of nitrogens with one attached hydrogen (secondary N) is 3. The van der Waals surface area contributed by atoms with E-state index in [2.05, 4.69) is 16.0 Å². The average Bonchev–Trinajstić information content (AvgIpc) is 2.97. The van der Waals surface area contributed by atoms with Crippen molar-refractivity contribution < 1.29 is 14.4 Å². The minimum absolute atomic E-state index is 0.0349. The van der Waals surface area contributed by atoms with Gasteiger partial charge in [0.1, 0.15) is 0 Å². The number of amides is 3. The molecule has 3 N–H and O–H groups in total. The molecule has 0 fully saturated rings. The Balaban J connectivity index is 2.06. The zero-order valence-electron chi connectivity index (χ0n) is 12.3. The number of hydrogen-bond donors (Lipinski definition) is 3. The van der Waals surface area contributed by atoms with Gasteiger partial charge in [-0.15, -0.1) is 0 Å². The first kappa shape index (κ1) is 17.2. The fourth-order valence-corrected chi connectivity index (χ4v) is 2.10. The lowest BCUT2D eigenvalue weighted by Gasteiger charge is -2.09. The van der Waals surface area contributed by atoms with Crippen molar-refractivity contribution in [3.8, 4) is 0 Å². The summed E-state index contributed by atoms with van der Waals surface area (Å²) in [6, 6.07) is 1.73. The van der Waals surface area contributed by atoms with Gasteiger partial charge >= 0.3 is 0 Å². The Labute approximate surface area is 128 Å². The highest BCUT2D eigenvalue weighted by Crippen LogP contribution is 2.04. The Morgan fingerprint density at radius 1 is 1.10 bits per heavy atom. The lowest BCUT2D eigenvalue weighted by molar-refractivity contribution is -0.124. The van der Waals surface area contributed by atoms with Crippen molar-refractivity contribution in [1.29, 1.82) is 0 Å². The topological polar surface area (TPSA) is 87.3 Å². The van der Waals surface area contributed by atoms with Gasteiger partial charge < -0.3 is 16.0 Å². The summed E-state index contributed by atoms with van der Waals surface area (Å²) in [6.07, 6.45) is 0.216. The number of carbonyl (C=O) groups excluding carboxylic acids is 3. The first-order valence-corrected chi connectivity index (χ1v) is 7.79. The molecule has 0 spiro atoms. The molecule has 0 bridgehead atoms. The lowest BCUT2D eigenvalue weighted by atomic mass is 10.2. The molecule has 0 aromatic carbocycles. The fourth-order valence-electron chi connectivity index (χ4n) is 1.47. The van der Waals surface area contributed by atoms with Gasteiger partial charge in [0.05, 0.1) is 0 Å². The van der Waals surface area contributed by atoms with E-state index in [0.717, 1.165) is 0 Å². The first-order valence-electron chi connectivity index (χ1n) is 6.85. The molecule has 0 saturated carbocycles. The summed E-state index contributed by atoms with van der Waals surface area (Å²) in [5, 5.41) is 11.7. The first-order chi connectivity index (χ1) is 10.0. The van der Waals surface area contributed by atoms with E-state index in [-0.39, 0.29) is 30.1 Å². The molecule has 116 valence electrons. The van der Waals surface area contributed by atoms with E-state index in [1.165, 1.54) is 11.3 Å². The van der Waals surface area contributed by atoms with E-state index in [1.54, 1.807) is 11.4 Å². The van der Waals surface area contributed by atoms with Crippen LogP contribution in [0.3, 0.4) is 0 Å². The molecule has 0 unspecified atom stereocenters. The Morgan fingerprint density at radius 2 is 1.81 bits per heavy atom. The molecule has 6 nitrogen and oxygen atoms in total. The molecule has 0 aliphatic rings. The SMILES string of the molecule is CC(C)C(=O)NCCNC(=O)CCNC(=O)c1ccsc1. The Bertz CT molecular complexity index is 472. The van der Waals surface area contributed by atoms with E-state index < -0.39 is 0 Å². The van der Waals surface area contributed by atoms with Crippen LogP contribution >= 0.6 is 11.3 Å². The molecule has 0 radical (unpaired) electrons. The van der Waals surface area contributed by atoms with Crippen molar-refractivity contribution in [2.75, 3.05) is 19.6 Å². The summed E-state index contributed by atoms with van der Waals surface area (Å²) in [5.74, 6) is -0.423. The number of thiophene rings is 1. The van der Waals surface area contributed by atoms with Gasteiger partial charge in [-0.2, -0.15) is 11.3 Å². The Kier molecular flexibility index (Phi) is 7.45. The third-order valence-corrected chi connectivity index (χ3v) is 3.37. The van der Waals surface area contributed by atoms with Crippen molar-refractivity contribution in [1.82, 2.24) is 16.0 Å². The van der Waals surface area contributed by atoms with Crippen LogP contribution in [0.25, 0.3) is 0 Å². The molecule has 1 aromatic rings. The van der Waals surface area contributed by atoms with Gasteiger partial charge in [-0.25, -0.2) is 0 Å². The second-order valence-corrected chi connectivity index (χ2v) is 5.59. The van der Waals surface area contributed by atoms with Crippen LogP contribution in [0, 0.1) is 5.92 Å². The van der Waals surface area contributed by atoms with Crippen LogP contribution in [0.5, 0.6) is 0 Å². The standard InChI is InChI=1S/C14H21N3O3S/c1-10(2)13(19)17-7-6-15-12(18)3-5-16-14(20)11-4-8-21-9-11/h4,8-10H,3,5-7H2,1-2H3,(H,15,18)(H,16,20)(H,17,19). The predicted molar refractivity (Wildman–Crippen MR) is 82.1 cm³/mol. The van der Waals surface area contributed by atoms with Crippen LogP contribution in [0.4, 0.5) is 0 Å². The Hall–Kier alpha value is -1.89. The van der Waals surface area contributed by atoms with Crippen molar-refractivity contribution in [3.63, 3.8) is 0 Å². The molecular formula is C14H21N3O3S. The van der Waals surface area contributed by atoms with Gasteiger partial charge in [0.25, 0.3) is 5.91 Å². The van der Waals surface area contributed by atoms with Gasteiger partial charge in [0.15, 0.2) is 0 Å². The number of carbonyl (C=O) groups is 3. The third-order valence-electron chi connectivity index (χ3n) is 2.69. The van der Waals surface area contributed by atoms with Crippen LogP contribution in [0.15, 0.2) is 16.8 Å². The van der Waals surface area contributed by atoms with Crippen LogP contribution in [0.1, 0.15) is 30.6 Å². The van der Waals surface area contributed by atoms with Crippen molar-refractivity contribution in [2.45, 2.75) is 20.3 Å². The highest BCUT2D eigenvalue weighted by molar-refractivity contribution is 7.08. The highest BCUT2D eigenvalue weighted by Gasteiger charge is 2.07. The van der Waals surface area contributed by atoms with E-state index in [4.69, 9.17) is 0 Å². The summed E-state index contributed by atoms with van der Waals surface area (Å²) in [5.41, 5.74) is 0.608. The maximum absolute atomic E-state index is 11.6. The summed E-state index contributed by atoms with van der Waals surface area (Å²) in [7, 11) is 0. The molecular weight excluding hydrogens is 290 g/mol. The molecule has 7 heteroatoms. The second-order valence-electron chi connectivity index (χ2n) is 4.81. The van der Waals surface area contributed by atoms with E-state index in [1.807, 2.05) is 19.2 Å². The highest BCUT2D eigenvalue weighted by atomic mass is 32.1. The minimum Gasteiger partial charge on any atom is -0.354 e. The van der Waals surface area contributed by atoms with Crippen molar-refractivity contribution >= 4 is 29.1 Å². The van der Waals surface area contributed by atoms with Gasteiger partial charge in [-0.3, -0.25) is 14.4 Å². The summed E-state index contributed by atoms with van der Waals surface area (Å²) in [6.45, 7) is 4.70. The molecule has 0 saturated heterocycles. The van der Waals surface area contributed by atoms with Gasteiger partial charge in [-0.1, -0.05) is 13.8 Å². The minimum atomic E-state index is -0.173. The summed E-state index contributed by atoms with van der Waals surface area (Å²) < 4.78 is 0. The molecule has 0 aliphatic heterocycles. The van der Waals surface area contributed by atoms with Crippen LogP contribution in [-0.4, -0.2) is 37.4 Å². The zero-order chi connectivity index (χ0) is 15.7.